The molecule has 0 radical (unpaired) electrons. The number of pyridine rings is 1. The van der Waals surface area contributed by atoms with Gasteiger partial charge in [0, 0.05) is 24.9 Å². The molecule has 1 N–H and O–H groups in total. The van der Waals surface area contributed by atoms with Crippen LogP contribution in [-0.2, 0) is 7.05 Å². The highest BCUT2D eigenvalue weighted by molar-refractivity contribution is 5.95. The van der Waals surface area contributed by atoms with Crippen LogP contribution in [0.3, 0.4) is 0 Å². The van der Waals surface area contributed by atoms with E-state index < -0.39 is 0 Å². The van der Waals surface area contributed by atoms with Crippen LogP contribution in [0.25, 0.3) is 10.8 Å². The van der Waals surface area contributed by atoms with Crippen molar-refractivity contribution in [3.05, 3.63) is 82.3 Å². The molecular formula is C19H18N2O2. The van der Waals surface area contributed by atoms with Crippen LogP contribution in [0, 0.1) is 0 Å². The molecule has 4 nitrogen and oxygen atoms in total. The van der Waals surface area contributed by atoms with Gasteiger partial charge in [0.25, 0.3) is 11.5 Å². The van der Waals surface area contributed by atoms with E-state index in [9.17, 15) is 9.59 Å². The fourth-order valence-corrected chi connectivity index (χ4v) is 2.68. The first-order valence-electron chi connectivity index (χ1n) is 7.51. The number of nitrogens with one attached hydrogen (secondary N) is 1. The number of rotatable bonds is 3. The summed E-state index contributed by atoms with van der Waals surface area (Å²) < 4.78 is 1.44. The number of aromatic nitrogens is 1. The highest BCUT2D eigenvalue weighted by Crippen LogP contribution is 2.24. The predicted molar refractivity (Wildman–Crippen MR) is 91.5 cm³/mol. The molecule has 2 aromatic carbocycles. The molecule has 23 heavy (non-hydrogen) atoms. The number of carbonyl (C=O) groups excluding carboxylic acids is 1. The summed E-state index contributed by atoms with van der Waals surface area (Å²) in [4.78, 5) is 24.0. The minimum Gasteiger partial charge on any atom is -0.345 e. The van der Waals surface area contributed by atoms with Crippen LogP contribution in [0.2, 0.25) is 0 Å². The number of aryl methyl sites for hydroxylation is 1. The summed E-state index contributed by atoms with van der Waals surface area (Å²) in [6.07, 6.45) is 1.60. The van der Waals surface area contributed by atoms with Crippen LogP contribution in [0.15, 0.2) is 65.6 Å². The quantitative estimate of drug-likeness (QED) is 0.808. The van der Waals surface area contributed by atoms with Crippen molar-refractivity contribution in [1.29, 1.82) is 0 Å². The molecule has 1 unspecified atom stereocenters. The highest BCUT2D eigenvalue weighted by Gasteiger charge is 2.14. The van der Waals surface area contributed by atoms with Crippen LogP contribution in [0.4, 0.5) is 0 Å². The highest BCUT2D eigenvalue weighted by atomic mass is 16.2. The van der Waals surface area contributed by atoms with Gasteiger partial charge in [0.2, 0.25) is 0 Å². The number of nitrogens with zero attached hydrogens (tertiary/aromatic N) is 1. The molecule has 1 aromatic heterocycles. The van der Waals surface area contributed by atoms with Crippen molar-refractivity contribution in [3.8, 4) is 0 Å². The zero-order valence-corrected chi connectivity index (χ0v) is 13.1. The monoisotopic (exact) mass is 306 g/mol. The van der Waals surface area contributed by atoms with E-state index in [2.05, 4.69) is 5.32 Å². The topological polar surface area (TPSA) is 51.1 Å². The maximum Gasteiger partial charge on any atom is 0.252 e. The molecule has 4 heteroatoms. The smallest absolute Gasteiger partial charge is 0.252 e. The zero-order valence-electron chi connectivity index (χ0n) is 13.1. The van der Waals surface area contributed by atoms with Crippen LogP contribution in [0.5, 0.6) is 0 Å². The summed E-state index contributed by atoms with van der Waals surface area (Å²) in [6, 6.07) is 17.0. The maximum atomic E-state index is 12.4. The molecule has 0 aliphatic carbocycles. The van der Waals surface area contributed by atoms with E-state index in [0.717, 1.165) is 16.3 Å². The molecule has 1 atom stereocenters. The SMILES string of the molecule is CC(NC(=O)c1ccn(C)c(=O)c1)c1cccc2ccccc12. The predicted octanol–water partition coefficient (Wildman–Crippen LogP) is 3.03. The number of amides is 1. The Morgan fingerprint density at radius 1 is 1.09 bits per heavy atom. The summed E-state index contributed by atoms with van der Waals surface area (Å²) in [7, 11) is 1.66. The maximum absolute atomic E-state index is 12.4. The molecule has 1 heterocycles. The first-order chi connectivity index (χ1) is 11.1. The van der Waals surface area contributed by atoms with Gasteiger partial charge in [-0.05, 0) is 29.3 Å². The number of hydrogen-bond donors (Lipinski definition) is 1. The second kappa shape index (κ2) is 6.08. The van der Waals surface area contributed by atoms with Gasteiger partial charge in [0.1, 0.15) is 0 Å². The molecule has 3 aromatic rings. The van der Waals surface area contributed by atoms with Crippen LogP contribution in [0.1, 0.15) is 28.9 Å². The van der Waals surface area contributed by atoms with Gasteiger partial charge in [0.05, 0.1) is 6.04 Å². The molecule has 0 saturated heterocycles. The van der Waals surface area contributed by atoms with E-state index in [4.69, 9.17) is 0 Å². The number of benzene rings is 2. The second-order valence-electron chi connectivity index (χ2n) is 5.63. The zero-order chi connectivity index (χ0) is 16.4. The Balaban J connectivity index is 1.88. The lowest BCUT2D eigenvalue weighted by Gasteiger charge is -2.16. The Morgan fingerprint density at radius 2 is 1.83 bits per heavy atom. The summed E-state index contributed by atoms with van der Waals surface area (Å²) in [5.74, 6) is -0.247. The molecule has 3 rings (SSSR count). The Hall–Kier alpha value is -2.88. The van der Waals surface area contributed by atoms with E-state index in [1.807, 2.05) is 49.4 Å². The second-order valence-corrected chi connectivity index (χ2v) is 5.63. The van der Waals surface area contributed by atoms with E-state index in [1.54, 1.807) is 19.3 Å². The first-order valence-corrected chi connectivity index (χ1v) is 7.51. The van der Waals surface area contributed by atoms with Crippen molar-refractivity contribution in [2.75, 3.05) is 0 Å². The van der Waals surface area contributed by atoms with Gasteiger partial charge in [0.15, 0.2) is 0 Å². The summed E-state index contributed by atoms with van der Waals surface area (Å²) >= 11 is 0. The Labute approximate surface area is 134 Å². The van der Waals surface area contributed by atoms with Gasteiger partial charge in [-0.1, -0.05) is 42.5 Å². The van der Waals surface area contributed by atoms with Crippen molar-refractivity contribution < 1.29 is 4.79 Å². The fourth-order valence-electron chi connectivity index (χ4n) is 2.68. The number of hydrogen-bond acceptors (Lipinski definition) is 2. The summed E-state index contributed by atoms with van der Waals surface area (Å²) in [5.41, 5.74) is 1.23. The Kier molecular flexibility index (Phi) is 3.98. The van der Waals surface area contributed by atoms with Gasteiger partial charge in [-0.2, -0.15) is 0 Å². The summed E-state index contributed by atoms with van der Waals surface area (Å²) in [6.45, 7) is 1.95. The lowest BCUT2D eigenvalue weighted by molar-refractivity contribution is 0.0940. The van der Waals surface area contributed by atoms with Gasteiger partial charge in [-0.25, -0.2) is 0 Å². The average molecular weight is 306 g/mol. The Morgan fingerprint density at radius 3 is 2.61 bits per heavy atom. The van der Waals surface area contributed by atoms with Gasteiger partial charge in [-0.3, -0.25) is 9.59 Å². The minimum atomic E-state index is -0.247. The van der Waals surface area contributed by atoms with E-state index >= 15 is 0 Å². The molecule has 0 aliphatic rings. The van der Waals surface area contributed by atoms with Crippen LogP contribution >= 0.6 is 0 Å². The molecule has 0 fully saturated rings. The lowest BCUT2D eigenvalue weighted by atomic mass is 9.99. The third-order valence-electron chi connectivity index (χ3n) is 4.00. The lowest BCUT2D eigenvalue weighted by Crippen LogP contribution is -2.28. The molecule has 0 aliphatic heterocycles. The van der Waals surface area contributed by atoms with E-state index in [-0.39, 0.29) is 17.5 Å². The van der Waals surface area contributed by atoms with E-state index in [1.165, 1.54) is 10.6 Å². The first kappa shape index (κ1) is 15.0. The minimum absolute atomic E-state index is 0.155. The van der Waals surface area contributed by atoms with Crippen LogP contribution in [-0.4, -0.2) is 10.5 Å². The third kappa shape index (κ3) is 3.01. The number of carbonyl (C=O) groups is 1. The van der Waals surface area contributed by atoms with Gasteiger partial charge >= 0.3 is 0 Å². The average Bonchev–Trinajstić information content (AvgIpc) is 2.56. The molecule has 0 saturated carbocycles. The fraction of sp³-hybridized carbons (Fsp3) is 0.158. The number of fused-ring (bicyclic) bond motifs is 1. The standard InChI is InChI=1S/C19H18N2O2/c1-13(16-9-5-7-14-6-3-4-8-17(14)16)20-19(23)15-10-11-21(2)18(22)12-15/h3-13H,1-2H3,(H,20,23). The van der Waals surface area contributed by atoms with E-state index in [0.29, 0.717) is 5.56 Å². The third-order valence-corrected chi connectivity index (χ3v) is 4.00. The summed E-state index contributed by atoms with van der Waals surface area (Å²) in [5, 5.41) is 5.22. The normalized spacial score (nSPS) is 12.1. The van der Waals surface area contributed by atoms with Crippen molar-refractivity contribution in [2.45, 2.75) is 13.0 Å². The van der Waals surface area contributed by atoms with Crippen molar-refractivity contribution in [3.63, 3.8) is 0 Å². The van der Waals surface area contributed by atoms with Crippen LogP contribution < -0.4 is 10.9 Å². The molecular weight excluding hydrogens is 288 g/mol. The molecule has 1 amide bonds. The molecule has 0 bridgehead atoms. The largest absolute Gasteiger partial charge is 0.345 e. The van der Waals surface area contributed by atoms with Gasteiger partial charge in [-0.15, -0.1) is 0 Å². The molecule has 0 spiro atoms. The van der Waals surface area contributed by atoms with Crippen molar-refractivity contribution in [1.82, 2.24) is 9.88 Å². The molecule has 116 valence electrons. The Bertz CT molecular complexity index is 923. The van der Waals surface area contributed by atoms with Crippen molar-refractivity contribution in [2.24, 2.45) is 7.05 Å². The van der Waals surface area contributed by atoms with Gasteiger partial charge < -0.3 is 9.88 Å². The van der Waals surface area contributed by atoms with Crippen molar-refractivity contribution >= 4 is 16.7 Å².